The summed E-state index contributed by atoms with van der Waals surface area (Å²) in [6.45, 7) is 0.816. The van der Waals surface area contributed by atoms with Crippen molar-refractivity contribution in [3.05, 3.63) is 284 Å². The van der Waals surface area contributed by atoms with Gasteiger partial charge in [0.15, 0.2) is 8.07 Å². The number of nitrogens with zero attached hydrogens (tertiary/aromatic N) is 4. The first-order valence-electron chi connectivity index (χ1n) is 30.9. The summed E-state index contributed by atoms with van der Waals surface area (Å²) in [6, 6.07) is 79.1. The third-order valence-corrected chi connectivity index (χ3v) is 19.5. The van der Waals surface area contributed by atoms with Gasteiger partial charge < -0.3 is 13.9 Å². The van der Waals surface area contributed by atoms with E-state index in [2.05, 4.69) is 189 Å². The molecule has 0 radical (unpaired) electrons. The fourth-order valence-electron chi connectivity index (χ4n) is 11.2. The Hall–Kier alpha value is -8.67. The number of rotatable bonds is 11. The number of pyridine rings is 1. The summed E-state index contributed by atoms with van der Waals surface area (Å²) in [5.41, 5.74) is 5.86. The second-order valence-corrected chi connectivity index (χ2v) is 24.2. The first-order valence-corrected chi connectivity index (χ1v) is 27.9. The van der Waals surface area contributed by atoms with Gasteiger partial charge in [-0.1, -0.05) is 226 Å². The van der Waals surface area contributed by atoms with Gasteiger partial charge in [-0.05, 0) is 96.5 Å². The molecule has 10 aromatic carbocycles. The zero-order valence-corrected chi connectivity index (χ0v) is 46.6. The standard InChI is InChI=1S/C72H56N4OSi.Pt/c1-50-24-15-16-35-60(50)64-48-73-70(44-51(64)2)76-66-39-18-17-36-62(66)63-43-42-55(47-69(63)76)77-54-27-22-26-53(46-54)74-49-75(68-41-20-19-40-67(68)74)71-61(37-23-38-65(71)72(3,4)5)52-25-21-34-59(45-52)78(56-28-9-6-10-29-56,57-30-11-7-12-31-57)58-32-13-8-14-33-58;/h6-45,48H,1-5H3;/q-2;/i1D3,2D3,15D,16D,24D,35D;. The van der Waals surface area contributed by atoms with Crippen molar-refractivity contribution in [3.8, 4) is 50.9 Å². The number of hydrogen-bond acceptors (Lipinski definition) is 2. The van der Waals surface area contributed by atoms with E-state index in [1.165, 1.54) is 33.0 Å². The SMILES string of the molecule is [2H]c1c([2H])c([2H])c(C([2H])([2H])[2H])c(-c2cnc(-n3c4[c-]c(Oc5[c-]c(-n6[c-][n+](-c7c(-c8cccc([Si](c9ccccc9)(c9ccccc9)c9ccccc9)c8)cccc7C(C)(C)C)c7ccccc76)ccc5)ccc4c4ccccc43)cc2C([2H])([2H])[2H])c1[2H].[Pt]. The van der Waals surface area contributed by atoms with E-state index in [0.29, 0.717) is 28.2 Å². The van der Waals surface area contributed by atoms with E-state index in [0.717, 1.165) is 44.2 Å². The van der Waals surface area contributed by atoms with Crippen molar-refractivity contribution in [2.24, 2.45) is 0 Å². The molecule has 7 heteroatoms. The number of aromatic nitrogens is 4. The van der Waals surface area contributed by atoms with Gasteiger partial charge in [-0.2, -0.15) is 18.2 Å². The zero-order chi connectivity index (χ0) is 61.4. The van der Waals surface area contributed by atoms with E-state index >= 15 is 0 Å². The fourth-order valence-corrected chi connectivity index (χ4v) is 16.0. The zero-order valence-electron chi connectivity index (χ0n) is 53.4. The maximum atomic E-state index is 8.82. The van der Waals surface area contributed by atoms with Gasteiger partial charge in [-0.15, -0.1) is 29.7 Å². The third-order valence-electron chi connectivity index (χ3n) is 14.7. The average molecular weight is 1230 g/mol. The van der Waals surface area contributed by atoms with Crippen LogP contribution in [0.3, 0.4) is 0 Å². The van der Waals surface area contributed by atoms with Crippen LogP contribution >= 0.6 is 0 Å². The van der Waals surface area contributed by atoms with Crippen LogP contribution in [0.2, 0.25) is 0 Å². The van der Waals surface area contributed by atoms with Crippen LogP contribution < -0.4 is 30.1 Å². The van der Waals surface area contributed by atoms with Crippen molar-refractivity contribution in [1.82, 2.24) is 14.1 Å². The smallest absolute Gasteiger partial charge is 0.268 e. The molecule has 79 heavy (non-hydrogen) atoms. The number of fused-ring (bicyclic) bond motifs is 4. The van der Waals surface area contributed by atoms with Crippen molar-refractivity contribution in [1.29, 1.82) is 0 Å². The van der Waals surface area contributed by atoms with Crippen LogP contribution in [0.15, 0.2) is 249 Å². The van der Waals surface area contributed by atoms with E-state index in [9.17, 15) is 0 Å². The van der Waals surface area contributed by atoms with Crippen LogP contribution in [-0.4, -0.2) is 22.2 Å². The van der Waals surface area contributed by atoms with Gasteiger partial charge in [0.05, 0.1) is 22.2 Å². The number of ether oxygens (including phenoxy) is 1. The molecular formula is C72H56N4OPtSi-2. The number of para-hydroxylation sites is 4. The summed E-state index contributed by atoms with van der Waals surface area (Å²) in [7, 11) is -2.90. The maximum Gasteiger partial charge on any atom is 0.268 e. The Bertz CT molecular complexity index is 4750. The Morgan fingerprint density at radius 2 is 1.19 bits per heavy atom. The normalized spacial score (nSPS) is 13.9. The first kappa shape index (κ1) is 40.5. The van der Waals surface area contributed by atoms with Gasteiger partial charge in [0.2, 0.25) is 0 Å². The van der Waals surface area contributed by atoms with Crippen LogP contribution in [0, 0.1) is 32.2 Å². The van der Waals surface area contributed by atoms with Gasteiger partial charge in [0.1, 0.15) is 5.82 Å². The molecule has 0 N–H and O–H groups in total. The van der Waals surface area contributed by atoms with E-state index < -0.39 is 57.1 Å². The maximum absolute atomic E-state index is 8.82. The van der Waals surface area contributed by atoms with E-state index in [-0.39, 0.29) is 43.4 Å². The molecule has 0 aliphatic rings. The van der Waals surface area contributed by atoms with E-state index in [4.69, 9.17) is 23.4 Å². The van der Waals surface area contributed by atoms with Gasteiger partial charge in [0, 0.05) is 58.1 Å². The Morgan fingerprint density at radius 1 is 0.557 bits per heavy atom. The van der Waals surface area contributed by atoms with Crippen LogP contribution in [0.4, 0.5) is 0 Å². The van der Waals surface area contributed by atoms with Gasteiger partial charge in [0.25, 0.3) is 6.33 Å². The van der Waals surface area contributed by atoms with Crippen molar-refractivity contribution in [2.45, 2.75) is 39.9 Å². The molecule has 0 saturated heterocycles. The average Bonchev–Trinajstić information content (AvgIpc) is 1.85. The molecule has 3 aromatic heterocycles. The number of aryl methyl sites for hydroxylation is 1. The molecule has 13 aromatic rings. The van der Waals surface area contributed by atoms with Crippen molar-refractivity contribution < 1.29 is 44.1 Å². The molecule has 0 atom stereocenters. The van der Waals surface area contributed by atoms with Crippen molar-refractivity contribution >= 4 is 61.7 Å². The van der Waals surface area contributed by atoms with Gasteiger partial charge in [-0.25, -0.2) is 4.98 Å². The molecule has 0 saturated carbocycles. The van der Waals surface area contributed by atoms with Crippen LogP contribution in [0.5, 0.6) is 11.5 Å². The molecule has 0 aliphatic carbocycles. The summed E-state index contributed by atoms with van der Waals surface area (Å²) in [5.74, 6) is 0.850. The van der Waals surface area contributed by atoms with Gasteiger partial charge in [-0.3, -0.25) is 4.57 Å². The second-order valence-electron chi connectivity index (χ2n) is 20.4. The summed E-state index contributed by atoms with van der Waals surface area (Å²) < 4.78 is 97.6. The summed E-state index contributed by atoms with van der Waals surface area (Å²) >= 11 is 0. The molecule has 386 valence electrons. The Kier molecular flexibility index (Phi) is 10.7. The largest absolute Gasteiger partial charge is 0.510 e. The predicted molar refractivity (Wildman–Crippen MR) is 323 cm³/mol. The number of imidazole rings is 1. The fraction of sp³-hybridized carbons (Fsp3) is 0.0833. The molecule has 13 rings (SSSR count). The van der Waals surface area contributed by atoms with Gasteiger partial charge >= 0.3 is 0 Å². The van der Waals surface area contributed by atoms with Crippen molar-refractivity contribution in [3.63, 3.8) is 0 Å². The molecule has 0 amide bonds. The molecule has 0 aliphatic heterocycles. The second kappa shape index (κ2) is 20.9. The molecule has 0 spiro atoms. The van der Waals surface area contributed by atoms with Crippen LogP contribution in [0.1, 0.15) is 51.2 Å². The number of hydrogen-bond donors (Lipinski definition) is 0. The Morgan fingerprint density at radius 3 is 1.91 bits per heavy atom. The molecule has 5 nitrogen and oxygen atoms in total. The topological polar surface area (TPSA) is 35.9 Å². The van der Waals surface area contributed by atoms with E-state index in [1.54, 1.807) is 10.6 Å². The minimum Gasteiger partial charge on any atom is -0.510 e. The minimum absolute atomic E-state index is 0. The van der Waals surface area contributed by atoms with Crippen LogP contribution in [-0.2, 0) is 26.5 Å². The monoisotopic (exact) mass is 1230 g/mol. The predicted octanol–water partition coefficient (Wildman–Crippen LogP) is 14.2. The first-order chi connectivity index (χ1) is 42.2. The summed E-state index contributed by atoms with van der Waals surface area (Å²) in [6.07, 6.45) is 4.98. The third kappa shape index (κ3) is 9.05. The minimum atomic E-state index is -3.02. The molecule has 3 heterocycles. The molecule has 0 bridgehead atoms. The molecule has 0 fully saturated rings. The summed E-state index contributed by atoms with van der Waals surface area (Å²) in [5, 5.41) is 6.70. The quantitative estimate of drug-likeness (QED) is 0.0560. The van der Waals surface area contributed by atoms with Crippen molar-refractivity contribution in [2.75, 3.05) is 0 Å². The Balaban J connectivity index is 0.00000769. The van der Waals surface area contributed by atoms with Crippen LogP contribution in [0.25, 0.3) is 72.3 Å². The Labute approximate surface area is 492 Å². The number of benzene rings is 10. The molecule has 0 unspecified atom stereocenters. The van der Waals surface area contributed by atoms with E-state index in [1.807, 2.05) is 65.2 Å². The summed E-state index contributed by atoms with van der Waals surface area (Å²) in [4.78, 5) is 4.72. The molecular weight excluding hydrogens is 1160 g/mol.